The fourth-order valence-electron chi connectivity index (χ4n) is 5.70. The molecule has 1 aromatic carbocycles. The van der Waals surface area contributed by atoms with Crippen LogP contribution >= 0.6 is 0 Å². The van der Waals surface area contributed by atoms with Gasteiger partial charge >= 0.3 is 6.09 Å². The predicted molar refractivity (Wildman–Crippen MR) is 140 cm³/mol. The summed E-state index contributed by atoms with van der Waals surface area (Å²) in [5.41, 5.74) is 2.45. The van der Waals surface area contributed by atoms with Gasteiger partial charge in [0.15, 0.2) is 0 Å². The average Bonchev–Trinajstić information content (AvgIpc) is 3.43. The monoisotopic (exact) mass is 510 g/mol. The van der Waals surface area contributed by atoms with E-state index >= 15 is 0 Å². The third-order valence-corrected chi connectivity index (χ3v) is 7.62. The Kier molecular flexibility index (Phi) is 6.87. The zero-order valence-electron chi connectivity index (χ0n) is 22.3. The van der Waals surface area contributed by atoms with Crippen LogP contribution in [0.5, 0.6) is 0 Å². The highest BCUT2D eigenvalue weighted by molar-refractivity contribution is 6.02. The Labute approximate surface area is 217 Å². The number of piperazine rings is 1. The maximum atomic E-state index is 12.4. The second-order valence-corrected chi connectivity index (χ2v) is 11.6. The summed E-state index contributed by atoms with van der Waals surface area (Å²) in [6.07, 6.45) is 1.76. The fourth-order valence-corrected chi connectivity index (χ4v) is 5.70. The number of nitrogens with zero attached hydrogens (tertiary/aromatic N) is 5. The molecule has 1 N–H and O–H groups in total. The molecule has 10 heteroatoms. The van der Waals surface area contributed by atoms with Crippen molar-refractivity contribution in [3.05, 3.63) is 23.9 Å². The zero-order chi connectivity index (χ0) is 26.3. The van der Waals surface area contributed by atoms with Crippen LogP contribution in [-0.2, 0) is 21.4 Å². The van der Waals surface area contributed by atoms with E-state index in [2.05, 4.69) is 38.4 Å². The highest BCUT2D eigenvalue weighted by Gasteiger charge is 2.33. The van der Waals surface area contributed by atoms with E-state index in [-0.39, 0.29) is 23.8 Å². The molecule has 4 heterocycles. The number of aromatic nitrogens is 2. The van der Waals surface area contributed by atoms with E-state index in [0.717, 1.165) is 55.7 Å². The van der Waals surface area contributed by atoms with Gasteiger partial charge in [0.1, 0.15) is 5.60 Å². The van der Waals surface area contributed by atoms with Gasteiger partial charge in [0.2, 0.25) is 11.8 Å². The average molecular weight is 511 g/mol. The zero-order valence-corrected chi connectivity index (χ0v) is 22.3. The molecule has 3 aliphatic heterocycles. The van der Waals surface area contributed by atoms with E-state index in [0.29, 0.717) is 31.8 Å². The molecule has 0 spiro atoms. The first-order valence-corrected chi connectivity index (χ1v) is 13.3. The quantitative estimate of drug-likeness (QED) is 0.631. The van der Waals surface area contributed by atoms with Gasteiger partial charge in [-0.15, -0.1) is 0 Å². The Morgan fingerprint density at radius 1 is 1.11 bits per heavy atom. The van der Waals surface area contributed by atoms with Crippen LogP contribution in [0.3, 0.4) is 0 Å². The summed E-state index contributed by atoms with van der Waals surface area (Å²) < 4.78 is 7.36. The van der Waals surface area contributed by atoms with Crippen molar-refractivity contribution < 1.29 is 19.1 Å². The largest absolute Gasteiger partial charge is 0.444 e. The molecule has 2 aromatic rings. The molecule has 5 rings (SSSR count). The lowest BCUT2D eigenvalue weighted by molar-refractivity contribution is -0.134. The molecule has 3 fully saturated rings. The highest BCUT2D eigenvalue weighted by atomic mass is 16.6. The van der Waals surface area contributed by atoms with E-state index in [1.54, 1.807) is 0 Å². The molecule has 0 saturated carbocycles. The Balaban J connectivity index is 1.18. The third-order valence-electron chi connectivity index (χ3n) is 7.62. The molecule has 0 radical (unpaired) electrons. The molecule has 3 amide bonds. The molecule has 2 atom stereocenters. The first kappa shape index (κ1) is 25.5. The van der Waals surface area contributed by atoms with Gasteiger partial charge in [-0.25, -0.2) is 4.79 Å². The van der Waals surface area contributed by atoms with Gasteiger partial charge < -0.3 is 14.5 Å². The van der Waals surface area contributed by atoms with Crippen molar-refractivity contribution in [1.82, 2.24) is 24.9 Å². The lowest BCUT2D eigenvalue weighted by atomic mass is 9.93. The first-order valence-electron chi connectivity index (χ1n) is 13.3. The van der Waals surface area contributed by atoms with Gasteiger partial charge in [-0.05, 0) is 57.7 Å². The van der Waals surface area contributed by atoms with Crippen LogP contribution in [0.25, 0.3) is 10.9 Å². The molecular formula is C27H38N6O4. The molecular weight excluding hydrogens is 472 g/mol. The molecule has 1 aromatic heterocycles. The number of imide groups is 1. The number of carbonyl (C=O) groups excluding carboxylic acids is 3. The van der Waals surface area contributed by atoms with E-state index in [1.165, 1.54) is 5.69 Å². The second-order valence-electron chi connectivity index (χ2n) is 11.6. The smallest absolute Gasteiger partial charge is 0.410 e. The topological polar surface area (TPSA) is 100 Å². The summed E-state index contributed by atoms with van der Waals surface area (Å²) in [4.78, 5) is 43.0. The Morgan fingerprint density at radius 2 is 1.86 bits per heavy atom. The molecule has 3 saturated heterocycles. The summed E-state index contributed by atoms with van der Waals surface area (Å²) in [5.74, 6) is -0.277. The first-order chi connectivity index (χ1) is 17.6. The Bertz CT molecular complexity index is 1190. The number of fused-ring (bicyclic) bond motifs is 1. The standard InChI is InChI=1S/C27H38N6O4/c1-27(2,3)37-26(36)32-13-11-31(12-14-32)16-18-9-10-33(17-18)19-5-6-20-22(15-19)30(4)29-24(20)21-7-8-23(34)28-25(21)35/h5-6,15,18,21H,7-14,16-17H2,1-4H3,(H,28,34,35)/t18-,21?/m1/s1. The van der Waals surface area contributed by atoms with Gasteiger partial charge in [-0.2, -0.15) is 5.10 Å². The number of hydrogen-bond acceptors (Lipinski definition) is 7. The molecule has 200 valence electrons. The number of aryl methyl sites for hydroxylation is 1. The van der Waals surface area contributed by atoms with Crippen LogP contribution in [0, 0.1) is 5.92 Å². The normalized spacial score (nSPS) is 23.6. The number of nitrogens with one attached hydrogen (secondary N) is 1. The lowest BCUT2D eigenvalue weighted by Gasteiger charge is -2.36. The summed E-state index contributed by atoms with van der Waals surface area (Å²) in [5, 5.41) is 8.09. The van der Waals surface area contributed by atoms with Gasteiger partial charge in [0.05, 0.1) is 17.1 Å². The van der Waals surface area contributed by atoms with Gasteiger partial charge in [0.25, 0.3) is 0 Å². The predicted octanol–water partition coefficient (Wildman–Crippen LogP) is 2.47. The minimum absolute atomic E-state index is 0.211. The number of anilines is 1. The van der Waals surface area contributed by atoms with Crippen molar-refractivity contribution in [2.45, 2.75) is 51.6 Å². The minimum Gasteiger partial charge on any atom is -0.444 e. The van der Waals surface area contributed by atoms with Crippen LogP contribution in [0.15, 0.2) is 18.2 Å². The van der Waals surface area contributed by atoms with Gasteiger partial charge in [-0.1, -0.05) is 0 Å². The van der Waals surface area contributed by atoms with Gasteiger partial charge in [-0.3, -0.25) is 24.5 Å². The number of hydrogen-bond donors (Lipinski definition) is 1. The number of amides is 3. The summed E-state index contributed by atoms with van der Waals surface area (Å²) in [6, 6.07) is 6.36. The number of carbonyl (C=O) groups is 3. The third kappa shape index (κ3) is 5.58. The number of ether oxygens (including phenoxy) is 1. The van der Waals surface area contributed by atoms with E-state index < -0.39 is 5.60 Å². The van der Waals surface area contributed by atoms with Crippen molar-refractivity contribution in [1.29, 1.82) is 0 Å². The van der Waals surface area contributed by atoms with Crippen molar-refractivity contribution in [2.75, 3.05) is 50.7 Å². The molecule has 3 aliphatic rings. The van der Waals surface area contributed by atoms with Crippen molar-refractivity contribution in [3.8, 4) is 0 Å². The minimum atomic E-state index is -0.466. The van der Waals surface area contributed by atoms with Crippen LogP contribution in [0.4, 0.5) is 10.5 Å². The van der Waals surface area contributed by atoms with Crippen molar-refractivity contribution >= 4 is 34.5 Å². The van der Waals surface area contributed by atoms with E-state index in [9.17, 15) is 14.4 Å². The lowest BCUT2D eigenvalue weighted by Crippen LogP contribution is -2.51. The van der Waals surface area contributed by atoms with Crippen molar-refractivity contribution in [2.24, 2.45) is 13.0 Å². The van der Waals surface area contributed by atoms with E-state index in [1.807, 2.05) is 37.4 Å². The van der Waals surface area contributed by atoms with Crippen molar-refractivity contribution in [3.63, 3.8) is 0 Å². The van der Waals surface area contributed by atoms with Crippen LogP contribution in [0.1, 0.15) is 51.6 Å². The maximum Gasteiger partial charge on any atom is 0.410 e. The molecule has 1 unspecified atom stereocenters. The molecule has 10 nitrogen and oxygen atoms in total. The summed E-state index contributed by atoms with van der Waals surface area (Å²) >= 11 is 0. The highest BCUT2D eigenvalue weighted by Crippen LogP contribution is 2.33. The Hall–Kier alpha value is -3.14. The molecule has 0 bridgehead atoms. The number of benzene rings is 1. The van der Waals surface area contributed by atoms with Crippen LogP contribution < -0.4 is 10.2 Å². The maximum absolute atomic E-state index is 12.4. The molecule has 37 heavy (non-hydrogen) atoms. The summed E-state index contributed by atoms with van der Waals surface area (Å²) in [7, 11) is 1.91. The summed E-state index contributed by atoms with van der Waals surface area (Å²) in [6.45, 7) is 11.9. The fraction of sp³-hybridized carbons (Fsp3) is 0.630. The van der Waals surface area contributed by atoms with Crippen LogP contribution in [0.2, 0.25) is 0 Å². The van der Waals surface area contributed by atoms with E-state index in [4.69, 9.17) is 4.74 Å². The Morgan fingerprint density at radius 3 is 2.57 bits per heavy atom. The second kappa shape index (κ2) is 9.96. The van der Waals surface area contributed by atoms with Crippen LogP contribution in [-0.4, -0.2) is 88.9 Å². The molecule has 0 aliphatic carbocycles. The SMILES string of the molecule is Cn1nc(C2CCC(=O)NC2=O)c2ccc(N3CC[C@H](CN4CCN(C(=O)OC(C)(C)C)CC4)C3)cc21. The number of rotatable bonds is 4. The number of piperidine rings is 1. The van der Waals surface area contributed by atoms with Gasteiger partial charge in [0, 0.05) is 70.4 Å².